The summed E-state index contributed by atoms with van der Waals surface area (Å²) in [5.41, 5.74) is 6.12. The number of hydrogen-bond acceptors (Lipinski definition) is 3. The van der Waals surface area contributed by atoms with E-state index in [1.165, 1.54) is 13.0 Å². The van der Waals surface area contributed by atoms with Crippen LogP contribution < -0.4 is 5.73 Å². The zero-order valence-electron chi connectivity index (χ0n) is 6.47. The fraction of sp³-hybridized carbons (Fsp3) is 0.125. The fourth-order valence-electron chi connectivity index (χ4n) is 0.961. The monoisotopic (exact) mass is 229 g/mol. The summed E-state index contributed by atoms with van der Waals surface area (Å²) < 4.78 is 0.521. The van der Waals surface area contributed by atoms with Gasteiger partial charge < -0.3 is 10.8 Å². The van der Waals surface area contributed by atoms with Gasteiger partial charge in [-0.25, -0.2) is 0 Å². The minimum atomic E-state index is -0.195. The van der Waals surface area contributed by atoms with Gasteiger partial charge in [-0.1, -0.05) is 0 Å². The molecule has 1 aromatic carbocycles. The van der Waals surface area contributed by atoms with E-state index < -0.39 is 0 Å². The van der Waals surface area contributed by atoms with E-state index in [4.69, 9.17) is 5.73 Å². The molecule has 0 aromatic heterocycles. The molecule has 0 aliphatic rings. The molecule has 0 saturated heterocycles. The molecule has 0 radical (unpaired) electrons. The maximum Gasteiger partial charge on any atom is 0.164 e. The van der Waals surface area contributed by atoms with E-state index in [2.05, 4.69) is 15.9 Å². The molecule has 0 saturated carbocycles. The van der Waals surface area contributed by atoms with Gasteiger partial charge in [0.05, 0.1) is 5.56 Å². The normalized spacial score (nSPS) is 9.83. The van der Waals surface area contributed by atoms with Crippen LogP contribution in [0.1, 0.15) is 17.3 Å². The Labute approximate surface area is 78.3 Å². The lowest BCUT2D eigenvalue weighted by atomic mass is 10.1. The number of carbonyl (C=O) groups is 1. The van der Waals surface area contributed by atoms with Crippen molar-refractivity contribution < 1.29 is 9.90 Å². The molecule has 1 aromatic rings. The van der Waals surface area contributed by atoms with Gasteiger partial charge in [-0.15, -0.1) is 0 Å². The summed E-state index contributed by atoms with van der Waals surface area (Å²) in [6.45, 7) is 1.38. The van der Waals surface area contributed by atoms with Crippen LogP contribution in [0.3, 0.4) is 0 Å². The number of phenolic OH excluding ortho intramolecular Hbond substituents is 1. The first-order chi connectivity index (χ1) is 5.52. The van der Waals surface area contributed by atoms with E-state index in [0.29, 0.717) is 10.2 Å². The molecule has 3 nitrogen and oxygen atoms in total. The molecule has 12 heavy (non-hydrogen) atoms. The van der Waals surface area contributed by atoms with Crippen LogP contribution in [-0.4, -0.2) is 10.9 Å². The smallest absolute Gasteiger partial charge is 0.164 e. The summed E-state index contributed by atoms with van der Waals surface area (Å²) in [6, 6.07) is 2.93. The average molecular weight is 230 g/mol. The average Bonchev–Trinajstić information content (AvgIpc) is 1.82. The number of carbonyl (C=O) groups excluding carboxylic acids is 1. The first kappa shape index (κ1) is 9.06. The van der Waals surface area contributed by atoms with Gasteiger partial charge >= 0.3 is 0 Å². The molecule has 0 fully saturated rings. The van der Waals surface area contributed by atoms with Crippen LogP contribution in [0.25, 0.3) is 0 Å². The molecule has 0 bridgehead atoms. The molecular weight excluding hydrogens is 222 g/mol. The van der Waals surface area contributed by atoms with Crippen molar-refractivity contribution in [3.63, 3.8) is 0 Å². The third-order valence-corrected chi connectivity index (χ3v) is 2.07. The zero-order chi connectivity index (χ0) is 9.30. The summed E-state index contributed by atoms with van der Waals surface area (Å²) in [4.78, 5) is 11.0. The van der Waals surface area contributed by atoms with Gasteiger partial charge in [0, 0.05) is 16.2 Å². The first-order valence-electron chi connectivity index (χ1n) is 3.31. The fourth-order valence-corrected chi connectivity index (χ4v) is 1.71. The highest BCUT2D eigenvalue weighted by Crippen LogP contribution is 2.29. The largest absolute Gasteiger partial charge is 0.507 e. The molecule has 0 amide bonds. The lowest BCUT2D eigenvalue weighted by Crippen LogP contribution is -1.96. The molecule has 0 atom stereocenters. The highest BCUT2D eigenvalue weighted by molar-refractivity contribution is 9.10. The number of benzene rings is 1. The van der Waals surface area contributed by atoms with Crippen LogP contribution in [0.4, 0.5) is 5.69 Å². The Hall–Kier alpha value is -1.03. The van der Waals surface area contributed by atoms with Crippen molar-refractivity contribution in [2.45, 2.75) is 6.92 Å². The number of phenols is 1. The van der Waals surface area contributed by atoms with Gasteiger partial charge in [-0.05, 0) is 28.9 Å². The first-order valence-corrected chi connectivity index (χ1v) is 4.10. The van der Waals surface area contributed by atoms with E-state index in [1.807, 2.05) is 0 Å². The lowest BCUT2D eigenvalue weighted by molar-refractivity contribution is 0.101. The van der Waals surface area contributed by atoms with Crippen LogP contribution in [0.15, 0.2) is 16.6 Å². The third-order valence-electron chi connectivity index (χ3n) is 1.44. The van der Waals surface area contributed by atoms with E-state index in [9.17, 15) is 9.90 Å². The number of nitrogens with two attached hydrogens (primary N) is 1. The number of rotatable bonds is 1. The zero-order valence-corrected chi connectivity index (χ0v) is 8.05. The number of Topliss-reactive ketones (excluding diaryl/α,β-unsaturated/α-hetero) is 1. The van der Waals surface area contributed by atoms with Crippen LogP contribution in [0, 0.1) is 0 Å². The van der Waals surface area contributed by atoms with Gasteiger partial charge in [-0.2, -0.15) is 0 Å². The van der Waals surface area contributed by atoms with Crippen molar-refractivity contribution in [2.75, 3.05) is 5.73 Å². The van der Waals surface area contributed by atoms with Crippen molar-refractivity contribution >= 4 is 27.4 Å². The lowest BCUT2D eigenvalue weighted by Gasteiger charge is -2.04. The maximum atomic E-state index is 11.0. The second kappa shape index (κ2) is 3.15. The van der Waals surface area contributed by atoms with Gasteiger partial charge in [0.25, 0.3) is 0 Å². The van der Waals surface area contributed by atoms with Crippen molar-refractivity contribution in [1.82, 2.24) is 0 Å². The van der Waals surface area contributed by atoms with Crippen LogP contribution >= 0.6 is 15.9 Å². The number of ketones is 1. The molecule has 64 valence electrons. The predicted octanol–water partition coefficient (Wildman–Crippen LogP) is 1.94. The Morgan fingerprint density at radius 3 is 2.58 bits per heavy atom. The second-order valence-electron chi connectivity index (χ2n) is 2.45. The molecule has 0 unspecified atom stereocenters. The number of hydrogen-bond donors (Lipinski definition) is 2. The summed E-state index contributed by atoms with van der Waals surface area (Å²) in [5.74, 6) is -0.284. The highest BCUT2D eigenvalue weighted by atomic mass is 79.9. The standard InChI is InChI=1S/C8H8BrNO2/c1-4(11)8-6(9)2-5(10)3-7(8)12/h2-3,12H,10H2,1H3. The van der Waals surface area contributed by atoms with E-state index in [1.54, 1.807) is 6.07 Å². The Balaban J connectivity index is 3.38. The van der Waals surface area contributed by atoms with Crippen molar-refractivity contribution in [2.24, 2.45) is 0 Å². The quantitative estimate of drug-likeness (QED) is 0.572. The van der Waals surface area contributed by atoms with E-state index >= 15 is 0 Å². The van der Waals surface area contributed by atoms with Gasteiger partial charge in [0.15, 0.2) is 5.78 Å². The maximum absolute atomic E-state index is 11.0. The Morgan fingerprint density at radius 2 is 2.17 bits per heavy atom. The minimum absolute atomic E-state index is 0.0885. The molecule has 0 aliphatic heterocycles. The van der Waals surface area contributed by atoms with E-state index in [0.717, 1.165) is 0 Å². The third kappa shape index (κ3) is 1.58. The Bertz CT molecular complexity index is 313. The number of anilines is 1. The Kier molecular flexibility index (Phi) is 2.38. The van der Waals surface area contributed by atoms with Crippen LogP contribution in [0.5, 0.6) is 5.75 Å². The SMILES string of the molecule is CC(=O)c1c(O)cc(N)cc1Br. The molecule has 0 heterocycles. The summed E-state index contributed by atoms with van der Waals surface area (Å²) >= 11 is 3.14. The summed E-state index contributed by atoms with van der Waals surface area (Å²) in [6.07, 6.45) is 0. The molecule has 1 rings (SSSR count). The number of halogens is 1. The summed E-state index contributed by atoms with van der Waals surface area (Å²) in [7, 11) is 0. The summed E-state index contributed by atoms with van der Waals surface area (Å²) in [5, 5.41) is 9.31. The van der Waals surface area contributed by atoms with Crippen LogP contribution in [0.2, 0.25) is 0 Å². The van der Waals surface area contributed by atoms with Gasteiger partial charge in [0.2, 0.25) is 0 Å². The second-order valence-corrected chi connectivity index (χ2v) is 3.31. The minimum Gasteiger partial charge on any atom is -0.507 e. The van der Waals surface area contributed by atoms with Gasteiger partial charge in [0.1, 0.15) is 5.75 Å². The molecule has 0 spiro atoms. The predicted molar refractivity (Wildman–Crippen MR) is 50.2 cm³/mol. The Morgan fingerprint density at radius 1 is 1.58 bits per heavy atom. The van der Waals surface area contributed by atoms with E-state index in [-0.39, 0.29) is 17.1 Å². The molecular formula is C8H8BrNO2. The topological polar surface area (TPSA) is 63.3 Å². The number of nitrogen functional groups attached to an aromatic ring is 1. The van der Waals surface area contributed by atoms with Gasteiger partial charge in [-0.3, -0.25) is 4.79 Å². The van der Waals surface area contributed by atoms with Crippen LogP contribution in [-0.2, 0) is 0 Å². The highest BCUT2D eigenvalue weighted by Gasteiger charge is 2.11. The number of aromatic hydroxyl groups is 1. The van der Waals surface area contributed by atoms with Crippen molar-refractivity contribution in [3.05, 3.63) is 22.2 Å². The molecule has 0 aliphatic carbocycles. The molecule has 4 heteroatoms. The van der Waals surface area contributed by atoms with Crippen molar-refractivity contribution in [3.8, 4) is 5.75 Å². The van der Waals surface area contributed by atoms with Crippen molar-refractivity contribution in [1.29, 1.82) is 0 Å². The molecule has 3 N–H and O–H groups in total.